The van der Waals surface area contributed by atoms with Gasteiger partial charge in [-0.15, -0.1) is 11.3 Å². The fourth-order valence-corrected chi connectivity index (χ4v) is 4.34. The van der Waals surface area contributed by atoms with Crippen molar-refractivity contribution in [2.45, 2.75) is 38.8 Å². The number of H-pyrrole nitrogens is 1. The van der Waals surface area contributed by atoms with Crippen LogP contribution in [0.25, 0.3) is 0 Å². The number of rotatable bonds is 6. The van der Waals surface area contributed by atoms with E-state index in [2.05, 4.69) is 25.2 Å². The van der Waals surface area contributed by atoms with Crippen molar-refractivity contribution in [2.75, 3.05) is 11.8 Å². The van der Waals surface area contributed by atoms with Crippen LogP contribution in [0.15, 0.2) is 5.03 Å². The average Bonchev–Trinajstić information content (AvgIpc) is 2.94. The molecule has 2 aromatic heterocycles. The Hall–Kier alpha value is -1.45. The summed E-state index contributed by atoms with van der Waals surface area (Å²) in [5, 5.41) is 9.96. The van der Waals surface area contributed by atoms with Gasteiger partial charge in [0.1, 0.15) is 0 Å². The van der Waals surface area contributed by atoms with Gasteiger partial charge in [0.05, 0.1) is 5.69 Å². The third kappa shape index (κ3) is 3.25. The van der Waals surface area contributed by atoms with Crippen molar-refractivity contribution < 1.29 is 8.42 Å². The van der Waals surface area contributed by atoms with Gasteiger partial charge in [-0.25, -0.2) is 4.98 Å². The number of aryl methyl sites for hydroxylation is 3. The summed E-state index contributed by atoms with van der Waals surface area (Å²) in [6.45, 7) is 6.14. The van der Waals surface area contributed by atoms with Crippen molar-refractivity contribution in [3.63, 3.8) is 0 Å². The number of aromatic amines is 1. The van der Waals surface area contributed by atoms with E-state index < -0.39 is 10.0 Å². The summed E-state index contributed by atoms with van der Waals surface area (Å²) in [4.78, 5) is 5.31. The fourth-order valence-electron chi connectivity index (χ4n) is 2.00. The van der Waals surface area contributed by atoms with E-state index in [1.54, 1.807) is 14.0 Å². The standard InChI is InChI=1S/C12H19N5O2S2/c1-5-10-8(3)20-12(14-10)17-21(18,19)11-9(6-13-4)7(2)15-16-11/h13H,5-6H2,1-4H3,(H,14,17)(H,15,16). The molecule has 0 atom stereocenters. The van der Waals surface area contributed by atoms with Crippen LogP contribution in [-0.2, 0) is 23.0 Å². The van der Waals surface area contributed by atoms with Crippen LogP contribution in [0.1, 0.15) is 28.8 Å². The number of hydrogen-bond acceptors (Lipinski definition) is 6. The van der Waals surface area contributed by atoms with E-state index in [-0.39, 0.29) is 5.03 Å². The van der Waals surface area contributed by atoms with Gasteiger partial charge in [0.2, 0.25) is 5.03 Å². The molecule has 0 aliphatic heterocycles. The second kappa shape index (κ2) is 6.12. The number of nitrogens with zero attached hydrogens (tertiary/aromatic N) is 2. The lowest BCUT2D eigenvalue weighted by molar-refractivity contribution is 0.595. The van der Waals surface area contributed by atoms with Gasteiger partial charge in [0.25, 0.3) is 10.0 Å². The molecular formula is C12H19N5O2S2. The summed E-state index contributed by atoms with van der Waals surface area (Å²) in [5.74, 6) is 0. The molecule has 2 rings (SSSR count). The molecule has 7 nitrogen and oxygen atoms in total. The molecule has 0 aliphatic carbocycles. The lowest BCUT2D eigenvalue weighted by atomic mass is 10.3. The van der Waals surface area contributed by atoms with Crippen molar-refractivity contribution in [3.05, 3.63) is 21.8 Å². The Labute approximate surface area is 128 Å². The molecule has 0 aromatic carbocycles. The Kier molecular flexibility index (Phi) is 4.64. The van der Waals surface area contributed by atoms with Gasteiger partial charge in [-0.1, -0.05) is 6.92 Å². The molecule has 0 aliphatic rings. The van der Waals surface area contributed by atoms with Crippen LogP contribution in [0.5, 0.6) is 0 Å². The summed E-state index contributed by atoms with van der Waals surface area (Å²) in [6, 6.07) is 0. The van der Waals surface area contributed by atoms with Crippen LogP contribution in [-0.4, -0.2) is 30.6 Å². The molecular weight excluding hydrogens is 310 g/mol. The van der Waals surface area contributed by atoms with Crippen LogP contribution in [0.4, 0.5) is 5.13 Å². The van der Waals surface area contributed by atoms with Gasteiger partial charge in [-0.2, -0.15) is 13.5 Å². The third-order valence-corrected chi connectivity index (χ3v) is 5.46. The van der Waals surface area contributed by atoms with Crippen molar-refractivity contribution in [3.8, 4) is 0 Å². The highest BCUT2D eigenvalue weighted by atomic mass is 32.2. The summed E-state index contributed by atoms with van der Waals surface area (Å²) in [7, 11) is -1.98. The molecule has 0 spiro atoms. The molecule has 2 heterocycles. The largest absolute Gasteiger partial charge is 0.316 e. The minimum absolute atomic E-state index is 0.0141. The van der Waals surface area contributed by atoms with Gasteiger partial charge in [-0.05, 0) is 27.3 Å². The first-order chi connectivity index (χ1) is 9.89. The topological polar surface area (TPSA) is 99.8 Å². The van der Waals surface area contributed by atoms with Gasteiger partial charge in [0, 0.05) is 22.7 Å². The van der Waals surface area contributed by atoms with Gasteiger partial charge < -0.3 is 5.32 Å². The van der Waals surface area contributed by atoms with Crippen molar-refractivity contribution >= 4 is 26.5 Å². The lowest BCUT2D eigenvalue weighted by Gasteiger charge is -2.05. The number of nitrogens with one attached hydrogen (secondary N) is 3. The average molecular weight is 329 g/mol. The Balaban J connectivity index is 2.34. The second-order valence-corrected chi connectivity index (χ2v) is 7.44. The number of hydrogen-bond donors (Lipinski definition) is 3. The minimum Gasteiger partial charge on any atom is -0.316 e. The minimum atomic E-state index is -3.74. The summed E-state index contributed by atoms with van der Waals surface area (Å²) in [6.07, 6.45) is 0.774. The molecule has 0 radical (unpaired) electrons. The fraction of sp³-hybridized carbons (Fsp3) is 0.500. The number of aromatic nitrogens is 3. The lowest BCUT2D eigenvalue weighted by Crippen LogP contribution is -2.17. The Morgan fingerprint density at radius 2 is 2.05 bits per heavy atom. The molecule has 21 heavy (non-hydrogen) atoms. The highest BCUT2D eigenvalue weighted by molar-refractivity contribution is 7.92. The van der Waals surface area contributed by atoms with Crippen LogP contribution in [0.2, 0.25) is 0 Å². The molecule has 2 aromatic rings. The maximum absolute atomic E-state index is 12.5. The van der Waals surface area contributed by atoms with Gasteiger partial charge in [-0.3, -0.25) is 9.82 Å². The first-order valence-electron chi connectivity index (χ1n) is 6.56. The van der Waals surface area contributed by atoms with E-state index in [9.17, 15) is 8.42 Å². The number of thiazole rings is 1. The molecule has 0 saturated carbocycles. The van der Waals surface area contributed by atoms with Crippen molar-refractivity contribution in [2.24, 2.45) is 0 Å². The number of sulfonamides is 1. The molecule has 116 valence electrons. The molecule has 0 bridgehead atoms. The van der Waals surface area contributed by atoms with Crippen LogP contribution in [0, 0.1) is 13.8 Å². The quantitative estimate of drug-likeness (QED) is 0.747. The maximum Gasteiger partial charge on any atom is 0.283 e. The van der Waals surface area contributed by atoms with Crippen LogP contribution in [0.3, 0.4) is 0 Å². The zero-order valence-electron chi connectivity index (χ0n) is 12.4. The molecule has 9 heteroatoms. The third-order valence-electron chi connectivity index (χ3n) is 3.09. The number of anilines is 1. The summed E-state index contributed by atoms with van der Waals surface area (Å²) >= 11 is 1.33. The Bertz CT molecular complexity index is 733. The molecule has 0 amide bonds. The zero-order chi connectivity index (χ0) is 15.6. The van der Waals surface area contributed by atoms with E-state index in [0.29, 0.717) is 17.2 Å². The SMILES string of the molecule is CCc1nc(NS(=O)(=O)c2n[nH]c(C)c2CNC)sc1C. The summed E-state index contributed by atoms with van der Waals surface area (Å²) in [5.41, 5.74) is 2.27. The predicted molar refractivity (Wildman–Crippen MR) is 83.1 cm³/mol. The van der Waals surface area contributed by atoms with Crippen molar-refractivity contribution in [1.82, 2.24) is 20.5 Å². The molecule has 0 unspecified atom stereocenters. The zero-order valence-corrected chi connectivity index (χ0v) is 14.1. The Morgan fingerprint density at radius 1 is 1.33 bits per heavy atom. The van der Waals surface area contributed by atoms with Crippen molar-refractivity contribution in [1.29, 1.82) is 0 Å². The van der Waals surface area contributed by atoms with Gasteiger partial charge >= 0.3 is 0 Å². The van der Waals surface area contributed by atoms with Crippen LogP contribution < -0.4 is 10.0 Å². The van der Waals surface area contributed by atoms with E-state index in [1.165, 1.54) is 11.3 Å². The predicted octanol–water partition coefficient (Wildman–Crippen LogP) is 1.57. The van der Waals surface area contributed by atoms with Crippen LogP contribution >= 0.6 is 11.3 Å². The molecule has 0 saturated heterocycles. The normalized spacial score (nSPS) is 11.8. The first-order valence-corrected chi connectivity index (χ1v) is 8.86. The smallest absolute Gasteiger partial charge is 0.283 e. The molecule has 0 fully saturated rings. The summed E-state index contributed by atoms with van der Waals surface area (Å²) < 4.78 is 27.4. The first kappa shape index (κ1) is 15.9. The monoisotopic (exact) mass is 329 g/mol. The highest BCUT2D eigenvalue weighted by Crippen LogP contribution is 2.26. The van der Waals surface area contributed by atoms with Gasteiger partial charge in [0.15, 0.2) is 5.13 Å². The maximum atomic E-state index is 12.5. The van der Waals surface area contributed by atoms with E-state index in [4.69, 9.17) is 0 Å². The Morgan fingerprint density at radius 3 is 2.62 bits per heavy atom. The van der Waals surface area contributed by atoms with E-state index in [0.717, 1.165) is 22.7 Å². The highest BCUT2D eigenvalue weighted by Gasteiger charge is 2.25. The van der Waals surface area contributed by atoms with E-state index in [1.807, 2.05) is 13.8 Å². The second-order valence-electron chi connectivity index (χ2n) is 4.64. The molecule has 3 N–H and O–H groups in total. The van der Waals surface area contributed by atoms with E-state index >= 15 is 0 Å².